The lowest BCUT2D eigenvalue weighted by atomic mass is 9.97. The van der Waals surface area contributed by atoms with Crippen LogP contribution in [0.5, 0.6) is 0 Å². The van der Waals surface area contributed by atoms with Gasteiger partial charge in [-0.25, -0.2) is 4.57 Å². The minimum atomic E-state index is -2.79. The molecule has 0 spiro atoms. The van der Waals surface area contributed by atoms with Crippen LogP contribution in [0.4, 0.5) is 0 Å². The normalized spacial score (nSPS) is 15.7. The Morgan fingerprint density at radius 1 is 1.08 bits per heavy atom. The van der Waals surface area contributed by atoms with Crippen LogP contribution in [0.15, 0.2) is 47.0 Å². The van der Waals surface area contributed by atoms with Crippen molar-refractivity contribution in [1.82, 2.24) is 0 Å². The zero-order valence-electron chi connectivity index (χ0n) is 19.8. The molecule has 0 N–H and O–H groups in total. The Morgan fingerprint density at radius 3 is 2.64 bits per heavy atom. The number of nitriles is 1. The van der Waals surface area contributed by atoms with Crippen LogP contribution in [0.3, 0.4) is 0 Å². The highest BCUT2D eigenvalue weighted by Gasteiger charge is 2.21. The highest BCUT2D eigenvalue weighted by molar-refractivity contribution is 6.11. The first kappa shape index (κ1) is 10.0. The Balaban J connectivity index is 2.26. The summed E-state index contributed by atoms with van der Waals surface area (Å²) in [6, 6.07) is 12.7. The number of aryl methyl sites for hydroxylation is 3. The Bertz CT molecular complexity index is 1390. The van der Waals surface area contributed by atoms with E-state index in [9.17, 15) is 5.26 Å². The lowest BCUT2D eigenvalue weighted by molar-refractivity contribution is -0.660. The van der Waals surface area contributed by atoms with Gasteiger partial charge in [0.1, 0.15) is 18.2 Å². The monoisotopic (exact) mass is 333 g/mol. The van der Waals surface area contributed by atoms with E-state index in [0.717, 1.165) is 16.8 Å². The standard InChI is InChI=1S/C22H19N2O/c1-13-8-9-17-18-11-16(12-23)14(2)15(3)21(18)25-22(17)20(13)19-7-5-6-10-24(19)4/h5-11H,1-4H3/q+1/i2D3,3D3. The second kappa shape index (κ2) is 5.46. The third-order valence-corrected chi connectivity index (χ3v) is 4.57. The first-order valence-electron chi connectivity index (χ1n) is 10.8. The van der Waals surface area contributed by atoms with E-state index in [1.807, 2.05) is 61.1 Å². The van der Waals surface area contributed by atoms with Gasteiger partial charge in [0.15, 0.2) is 6.20 Å². The number of pyridine rings is 1. The molecule has 0 bridgehead atoms. The summed E-state index contributed by atoms with van der Waals surface area (Å²) in [5.74, 6) is 0. The van der Waals surface area contributed by atoms with Gasteiger partial charge in [-0.3, -0.25) is 0 Å². The molecule has 0 aliphatic carbocycles. The van der Waals surface area contributed by atoms with Crippen LogP contribution >= 0.6 is 0 Å². The number of furan rings is 1. The molecule has 0 aliphatic rings. The van der Waals surface area contributed by atoms with Crippen LogP contribution in [-0.4, -0.2) is 0 Å². The molecule has 3 nitrogen and oxygen atoms in total. The zero-order chi connectivity index (χ0) is 22.7. The fourth-order valence-corrected chi connectivity index (χ4v) is 3.26. The SMILES string of the molecule is [2H]C([2H])([2H])c1c(C#N)cc2c(oc3c(-c4cccc[n+]4C)c(C)ccc32)c1C([2H])([2H])[2H]. The molecule has 4 aromatic rings. The van der Waals surface area contributed by atoms with E-state index < -0.39 is 24.8 Å². The van der Waals surface area contributed by atoms with Crippen molar-refractivity contribution in [2.45, 2.75) is 20.6 Å². The Hall–Kier alpha value is -3.12. The van der Waals surface area contributed by atoms with Crippen molar-refractivity contribution in [3.05, 3.63) is 64.8 Å². The summed E-state index contributed by atoms with van der Waals surface area (Å²) in [5, 5.41) is 10.7. The van der Waals surface area contributed by atoms with Crippen LogP contribution in [-0.2, 0) is 7.05 Å². The van der Waals surface area contributed by atoms with E-state index in [4.69, 9.17) is 12.6 Å². The topological polar surface area (TPSA) is 40.8 Å². The number of nitrogens with zero attached hydrogens (tertiary/aromatic N) is 2. The molecule has 2 heterocycles. The van der Waals surface area contributed by atoms with E-state index in [1.54, 1.807) is 0 Å². The van der Waals surface area contributed by atoms with Gasteiger partial charge in [-0.2, -0.15) is 5.26 Å². The molecule has 122 valence electrons. The average Bonchev–Trinajstić information content (AvgIpc) is 3.03. The Kier molecular flexibility index (Phi) is 2.18. The fourth-order valence-electron chi connectivity index (χ4n) is 3.26. The third kappa shape index (κ3) is 2.15. The summed E-state index contributed by atoms with van der Waals surface area (Å²) in [5.41, 5.74) is 1.89. The molecule has 0 saturated heterocycles. The van der Waals surface area contributed by atoms with E-state index in [0.29, 0.717) is 16.4 Å². The van der Waals surface area contributed by atoms with E-state index in [2.05, 4.69) is 0 Å². The van der Waals surface area contributed by atoms with Crippen molar-refractivity contribution in [2.24, 2.45) is 7.05 Å². The lowest BCUT2D eigenvalue weighted by Gasteiger charge is -2.04. The molecule has 2 aromatic carbocycles. The van der Waals surface area contributed by atoms with Gasteiger partial charge in [-0.1, -0.05) is 12.1 Å². The first-order valence-corrected chi connectivity index (χ1v) is 7.84. The summed E-state index contributed by atoms with van der Waals surface area (Å²) < 4.78 is 55.8. The quantitative estimate of drug-likeness (QED) is 0.466. The molecule has 0 amide bonds. The van der Waals surface area contributed by atoms with Crippen molar-refractivity contribution in [3.63, 3.8) is 0 Å². The van der Waals surface area contributed by atoms with Gasteiger partial charge in [0, 0.05) is 31.1 Å². The van der Waals surface area contributed by atoms with Crippen molar-refractivity contribution >= 4 is 21.9 Å². The minimum Gasteiger partial charge on any atom is -0.455 e. The lowest BCUT2D eigenvalue weighted by Crippen LogP contribution is -2.30. The minimum absolute atomic E-state index is 0.0226. The number of rotatable bonds is 1. The molecule has 25 heavy (non-hydrogen) atoms. The molecular weight excluding hydrogens is 308 g/mol. The largest absolute Gasteiger partial charge is 0.455 e. The predicted molar refractivity (Wildman–Crippen MR) is 99.3 cm³/mol. The molecule has 0 unspecified atom stereocenters. The smallest absolute Gasteiger partial charge is 0.216 e. The summed E-state index contributed by atoms with van der Waals surface area (Å²) >= 11 is 0. The molecule has 4 rings (SSSR count). The van der Waals surface area contributed by atoms with E-state index in [1.165, 1.54) is 6.07 Å². The molecular formula is C22H19N2O+. The van der Waals surface area contributed by atoms with Gasteiger partial charge < -0.3 is 4.42 Å². The summed E-state index contributed by atoms with van der Waals surface area (Å²) in [6.07, 6.45) is 1.89. The predicted octanol–water partition coefficient (Wildman–Crippen LogP) is 4.87. The summed E-state index contributed by atoms with van der Waals surface area (Å²) in [6.45, 7) is -3.64. The van der Waals surface area contributed by atoms with Crippen LogP contribution in [0.25, 0.3) is 33.2 Å². The second-order valence-electron chi connectivity index (χ2n) is 6.10. The Labute approximate surface area is 155 Å². The van der Waals surface area contributed by atoms with Crippen LogP contribution in [0, 0.1) is 32.0 Å². The molecule has 0 atom stereocenters. The van der Waals surface area contributed by atoms with E-state index in [-0.39, 0.29) is 11.1 Å². The maximum absolute atomic E-state index is 9.64. The molecule has 0 radical (unpaired) electrons. The number of fused-ring (bicyclic) bond motifs is 3. The number of hydrogen-bond donors (Lipinski definition) is 0. The van der Waals surface area contributed by atoms with Crippen LogP contribution < -0.4 is 4.57 Å². The van der Waals surface area contributed by atoms with Gasteiger partial charge in [0.2, 0.25) is 5.69 Å². The zero-order valence-corrected chi connectivity index (χ0v) is 13.8. The maximum atomic E-state index is 9.64. The summed E-state index contributed by atoms with van der Waals surface area (Å²) in [4.78, 5) is 0. The fraction of sp³-hybridized carbons (Fsp3) is 0.182. The molecule has 3 heteroatoms. The van der Waals surface area contributed by atoms with Crippen molar-refractivity contribution in [3.8, 4) is 17.3 Å². The number of aromatic nitrogens is 1. The maximum Gasteiger partial charge on any atom is 0.216 e. The summed E-state index contributed by atoms with van der Waals surface area (Å²) in [7, 11) is 1.89. The van der Waals surface area contributed by atoms with Crippen LogP contribution in [0.1, 0.15) is 30.5 Å². The van der Waals surface area contributed by atoms with Gasteiger partial charge in [0.05, 0.1) is 17.2 Å². The average molecular weight is 333 g/mol. The molecule has 0 aliphatic heterocycles. The van der Waals surface area contributed by atoms with Gasteiger partial charge >= 0.3 is 0 Å². The molecule has 2 aromatic heterocycles. The van der Waals surface area contributed by atoms with Gasteiger partial charge in [-0.05, 0) is 49.5 Å². The van der Waals surface area contributed by atoms with Crippen LogP contribution in [0.2, 0.25) is 0 Å². The number of hydrogen-bond acceptors (Lipinski definition) is 2. The highest BCUT2D eigenvalue weighted by Crippen LogP contribution is 2.39. The van der Waals surface area contributed by atoms with Crippen molar-refractivity contribution in [2.75, 3.05) is 0 Å². The highest BCUT2D eigenvalue weighted by atomic mass is 16.3. The van der Waals surface area contributed by atoms with Crippen molar-refractivity contribution < 1.29 is 17.2 Å². The second-order valence-corrected chi connectivity index (χ2v) is 6.10. The number of benzene rings is 2. The molecule has 0 saturated carbocycles. The van der Waals surface area contributed by atoms with Gasteiger partial charge in [-0.15, -0.1) is 0 Å². The molecule has 0 fully saturated rings. The first-order chi connectivity index (χ1) is 14.4. The van der Waals surface area contributed by atoms with Crippen molar-refractivity contribution in [1.29, 1.82) is 5.26 Å². The van der Waals surface area contributed by atoms with Gasteiger partial charge in [0.25, 0.3) is 0 Å². The Morgan fingerprint density at radius 2 is 1.92 bits per heavy atom. The van der Waals surface area contributed by atoms with E-state index >= 15 is 0 Å². The third-order valence-electron chi connectivity index (χ3n) is 4.57.